The molecule has 0 aliphatic carbocycles. The lowest BCUT2D eigenvalue weighted by Crippen LogP contribution is -2.11. The van der Waals surface area contributed by atoms with Gasteiger partial charge in [0.25, 0.3) is 0 Å². The lowest BCUT2D eigenvalue weighted by molar-refractivity contribution is 0.444. The average molecular weight is 1050 g/mol. The van der Waals surface area contributed by atoms with Crippen LogP contribution in [0.2, 0.25) is 0 Å². The van der Waals surface area contributed by atoms with Crippen LogP contribution in [0.5, 0.6) is 11.5 Å². The Kier molecular flexibility index (Phi) is 9.35. The van der Waals surface area contributed by atoms with Crippen LogP contribution in [0.4, 0.5) is 0 Å². The van der Waals surface area contributed by atoms with Gasteiger partial charge < -0.3 is 23.0 Å². The summed E-state index contributed by atoms with van der Waals surface area (Å²) in [5, 5.41) is 10.6. The van der Waals surface area contributed by atoms with Crippen molar-refractivity contribution in [2.75, 3.05) is 0 Å². The highest BCUT2D eigenvalue weighted by Gasteiger charge is 2.33. The summed E-state index contributed by atoms with van der Waals surface area (Å²) in [6, 6.07) is 88.2. The van der Waals surface area contributed by atoms with E-state index < -0.39 is 9.84 Å². The first-order chi connectivity index (χ1) is 39.5. The minimum absolute atomic E-state index is 0.0979. The summed E-state index contributed by atoms with van der Waals surface area (Å²) in [6.45, 7) is 0. The predicted molar refractivity (Wildman–Crippen MR) is 326 cm³/mol. The van der Waals surface area contributed by atoms with E-state index in [1.807, 2.05) is 24.4 Å². The Labute approximate surface area is 457 Å². The summed E-state index contributed by atoms with van der Waals surface area (Å²) in [5.74, 6) is 0.533. The molecule has 0 saturated heterocycles. The van der Waals surface area contributed by atoms with E-state index in [-0.39, 0.29) is 21.3 Å². The molecule has 0 fully saturated rings. The zero-order valence-electron chi connectivity index (χ0n) is 42.7. The molecule has 1 aliphatic heterocycles. The molecular formula is C71H43N5O3S. The Morgan fingerprint density at radius 2 is 0.688 bits per heavy atom. The van der Waals surface area contributed by atoms with Crippen LogP contribution < -0.4 is 4.74 Å². The molecule has 0 amide bonds. The van der Waals surface area contributed by atoms with Crippen molar-refractivity contribution in [1.82, 2.24) is 23.3 Å². The Morgan fingerprint density at radius 3 is 1.25 bits per heavy atom. The van der Waals surface area contributed by atoms with Crippen LogP contribution in [0, 0.1) is 0 Å². The molecule has 5 heterocycles. The van der Waals surface area contributed by atoms with Crippen LogP contribution in [0.3, 0.4) is 0 Å². The fourth-order valence-corrected chi connectivity index (χ4v) is 14.5. The van der Waals surface area contributed by atoms with E-state index in [2.05, 4.69) is 231 Å². The number of pyridine rings is 1. The molecule has 0 atom stereocenters. The maximum absolute atomic E-state index is 15.1. The smallest absolute Gasteiger partial charge is 0.213 e. The Hall–Kier alpha value is -10.5. The number of fused-ring (bicyclic) bond motifs is 18. The molecule has 1 aliphatic rings. The van der Waals surface area contributed by atoms with Gasteiger partial charge >= 0.3 is 0 Å². The van der Waals surface area contributed by atoms with E-state index in [0.717, 1.165) is 110 Å². The van der Waals surface area contributed by atoms with Gasteiger partial charge in [0.2, 0.25) is 9.84 Å². The summed E-state index contributed by atoms with van der Waals surface area (Å²) in [7, 11) is -4.07. The molecule has 12 aromatic carbocycles. The van der Waals surface area contributed by atoms with E-state index in [1.54, 1.807) is 24.3 Å². The minimum Gasteiger partial charge on any atom is -0.455 e. The van der Waals surface area contributed by atoms with Crippen LogP contribution in [-0.2, 0) is 9.84 Å². The fraction of sp³-hybridized carbons (Fsp3) is 0. The molecule has 0 saturated carbocycles. The first-order valence-corrected chi connectivity index (χ1v) is 28.2. The van der Waals surface area contributed by atoms with Gasteiger partial charge in [0.15, 0.2) is 0 Å². The summed E-state index contributed by atoms with van der Waals surface area (Å²) in [4.78, 5) is 5.83. The van der Waals surface area contributed by atoms with Gasteiger partial charge in [-0.25, -0.2) is 8.42 Å². The second-order valence-corrected chi connectivity index (χ2v) is 22.6. The van der Waals surface area contributed by atoms with E-state index in [1.165, 1.54) is 10.8 Å². The topological polar surface area (TPSA) is 76.0 Å². The summed E-state index contributed by atoms with van der Waals surface area (Å²) in [5.41, 5.74) is 12.8. The first-order valence-electron chi connectivity index (χ1n) is 26.8. The number of hydrogen-bond acceptors (Lipinski definition) is 4. The zero-order valence-corrected chi connectivity index (χ0v) is 43.5. The average Bonchev–Trinajstić information content (AvgIpc) is 3.65. The predicted octanol–water partition coefficient (Wildman–Crippen LogP) is 17.8. The Bertz CT molecular complexity index is 5430. The maximum Gasteiger partial charge on any atom is 0.213 e. The lowest BCUT2D eigenvalue weighted by Gasteiger charge is -2.24. The molecule has 0 bridgehead atoms. The normalized spacial score (nSPS) is 13.1. The van der Waals surface area contributed by atoms with Crippen LogP contribution >= 0.6 is 0 Å². The number of hydrogen-bond donors (Lipinski definition) is 0. The third-order valence-electron chi connectivity index (χ3n) is 16.4. The van der Waals surface area contributed by atoms with E-state index in [9.17, 15) is 0 Å². The maximum atomic E-state index is 15.1. The van der Waals surface area contributed by atoms with E-state index in [4.69, 9.17) is 9.72 Å². The van der Waals surface area contributed by atoms with Crippen LogP contribution in [0.1, 0.15) is 0 Å². The number of ether oxygens (including phenoxy) is 1. The highest BCUT2D eigenvalue weighted by molar-refractivity contribution is 7.91. The molecule has 0 radical (unpaired) electrons. The molecule has 0 N–H and O–H groups in total. The minimum atomic E-state index is -4.07. The molecule has 9 heteroatoms. The number of benzene rings is 11. The number of nitrogens with zero attached hydrogens (tertiary/aromatic N) is 5. The van der Waals surface area contributed by atoms with Crippen LogP contribution in [-0.4, -0.2) is 31.7 Å². The second-order valence-electron chi connectivity index (χ2n) is 20.7. The van der Waals surface area contributed by atoms with Gasteiger partial charge in [-0.2, -0.15) is 0 Å². The largest absolute Gasteiger partial charge is 0.455 e. The van der Waals surface area contributed by atoms with Crippen molar-refractivity contribution in [3.05, 3.63) is 261 Å². The lowest BCUT2D eigenvalue weighted by atomic mass is 9.94. The monoisotopic (exact) mass is 1050 g/mol. The summed E-state index contributed by atoms with van der Waals surface area (Å²) >= 11 is 0. The molecule has 0 spiro atoms. The Balaban J connectivity index is 1.13. The van der Waals surface area contributed by atoms with Crippen molar-refractivity contribution in [3.8, 4) is 34.2 Å². The third-order valence-corrected chi connectivity index (χ3v) is 18.2. The molecule has 8 nitrogen and oxygen atoms in total. The van der Waals surface area contributed by atoms with Crippen molar-refractivity contribution in [2.45, 2.75) is 9.79 Å². The third kappa shape index (κ3) is 6.31. The SMILES string of the molecule is O=S1(=O)c2ccccc2Oc2cc3c(cc21)c1cc2c(cc1c1ccc(-n4c5ccccc5c5ccccc54)cc1c1cc(-n4c5ccccc5c5ccccc54)cnc13)n(-c1ccccc1)c1ccccc1n2-c1ccccc1. The summed E-state index contributed by atoms with van der Waals surface area (Å²) in [6.07, 6.45) is 1.96. The number of sulfone groups is 1. The fourth-order valence-electron chi connectivity index (χ4n) is 13.0. The van der Waals surface area contributed by atoms with Crippen LogP contribution in [0.15, 0.2) is 271 Å². The van der Waals surface area contributed by atoms with Gasteiger partial charge in [0, 0.05) is 49.4 Å². The number of rotatable bonds is 4. The quantitative estimate of drug-likeness (QED) is 0.165. The zero-order chi connectivity index (χ0) is 52.8. The van der Waals surface area contributed by atoms with Crippen molar-refractivity contribution >= 4 is 119 Å². The molecule has 17 rings (SSSR count). The standard InChI is InChI=1S/C71H43N5O3S/c77-80(78)69-34-18-17-33-67(69)79-68-41-58-56(42-70(68)80)55-40-66-65(73(44-19-3-1-4-20-44)63-31-15-16-32-64(63)74(66)45-21-5-2-6-22-45)39-54(55)48-36-35-46(75-59-27-11-7-23-49(59)50-24-8-12-28-60(50)75)37-53(48)57-38-47(43-72-71(57)58)76-61-29-13-9-25-51(61)52-26-10-14-30-62(52)76/h1-43H. The molecule has 0 unspecified atom stereocenters. The van der Waals surface area contributed by atoms with Crippen molar-refractivity contribution < 1.29 is 13.2 Å². The molecule has 4 aromatic heterocycles. The van der Waals surface area contributed by atoms with Crippen molar-refractivity contribution in [3.63, 3.8) is 0 Å². The molecule has 376 valence electrons. The highest BCUT2D eigenvalue weighted by Crippen LogP contribution is 2.48. The van der Waals surface area contributed by atoms with Crippen molar-refractivity contribution in [1.29, 1.82) is 0 Å². The van der Waals surface area contributed by atoms with Crippen LogP contribution in [0.25, 0.3) is 132 Å². The molecular weight excluding hydrogens is 1000 g/mol. The number of para-hydroxylation sites is 9. The van der Waals surface area contributed by atoms with E-state index in [0.29, 0.717) is 10.9 Å². The van der Waals surface area contributed by atoms with Gasteiger partial charge in [0.1, 0.15) is 21.3 Å². The van der Waals surface area contributed by atoms with Gasteiger partial charge in [-0.05, 0) is 142 Å². The van der Waals surface area contributed by atoms with Gasteiger partial charge in [-0.15, -0.1) is 0 Å². The van der Waals surface area contributed by atoms with Gasteiger partial charge in [-0.1, -0.05) is 140 Å². The molecule has 80 heavy (non-hydrogen) atoms. The number of aromatic nitrogens is 5. The Morgan fingerprint density at radius 1 is 0.275 bits per heavy atom. The second kappa shape index (κ2) is 16.8. The van der Waals surface area contributed by atoms with Crippen molar-refractivity contribution in [2.24, 2.45) is 0 Å². The van der Waals surface area contributed by atoms with Gasteiger partial charge in [0.05, 0.1) is 61.5 Å². The van der Waals surface area contributed by atoms with E-state index >= 15 is 8.42 Å². The summed E-state index contributed by atoms with van der Waals surface area (Å²) < 4.78 is 46.3. The first kappa shape index (κ1) is 44.6. The highest BCUT2D eigenvalue weighted by atomic mass is 32.2. The molecule has 16 aromatic rings. The van der Waals surface area contributed by atoms with Gasteiger partial charge in [-0.3, -0.25) is 4.98 Å².